The quantitative estimate of drug-likeness (QED) is 0.866. The first-order valence-corrected chi connectivity index (χ1v) is 6.40. The Morgan fingerprint density at radius 3 is 2.67 bits per heavy atom. The van der Waals surface area contributed by atoms with E-state index in [-0.39, 0.29) is 6.04 Å². The van der Waals surface area contributed by atoms with Crippen LogP contribution in [0, 0.1) is 13.8 Å². The van der Waals surface area contributed by atoms with Crippen molar-refractivity contribution in [1.82, 2.24) is 10.6 Å². The summed E-state index contributed by atoms with van der Waals surface area (Å²) in [4.78, 5) is 11.7. The van der Waals surface area contributed by atoms with Gasteiger partial charge in [0.15, 0.2) is 0 Å². The molecule has 2 rings (SSSR count). The molecular formula is C13H17ClN2O2. The molecule has 1 atom stereocenters. The van der Waals surface area contributed by atoms with Crippen molar-refractivity contribution in [3.05, 3.63) is 28.3 Å². The fourth-order valence-corrected chi connectivity index (χ4v) is 2.16. The van der Waals surface area contributed by atoms with E-state index in [1.54, 1.807) is 12.1 Å². The van der Waals surface area contributed by atoms with Gasteiger partial charge in [-0.15, -0.1) is 0 Å². The molecule has 1 saturated heterocycles. The lowest BCUT2D eigenvalue weighted by Crippen LogP contribution is -2.38. The number of ether oxygens (including phenoxy) is 1. The van der Waals surface area contributed by atoms with Crippen molar-refractivity contribution < 1.29 is 9.53 Å². The van der Waals surface area contributed by atoms with Gasteiger partial charge in [0, 0.05) is 17.6 Å². The molecule has 0 radical (unpaired) electrons. The monoisotopic (exact) mass is 268 g/mol. The Labute approximate surface area is 112 Å². The number of carbonyl (C=O) groups excluding carboxylic acids is 1. The molecule has 0 saturated carbocycles. The minimum Gasteiger partial charge on any atom is -0.410 e. The van der Waals surface area contributed by atoms with Gasteiger partial charge in [-0.3, -0.25) is 0 Å². The summed E-state index contributed by atoms with van der Waals surface area (Å²) in [5, 5.41) is 6.71. The molecule has 18 heavy (non-hydrogen) atoms. The lowest BCUT2D eigenvalue weighted by atomic mass is 10.1. The van der Waals surface area contributed by atoms with Gasteiger partial charge < -0.3 is 15.4 Å². The Morgan fingerprint density at radius 1 is 1.44 bits per heavy atom. The van der Waals surface area contributed by atoms with E-state index in [4.69, 9.17) is 16.3 Å². The van der Waals surface area contributed by atoms with Gasteiger partial charge in [-0.25, -0.2) is 4.79 Å². The van der Waals surface area contributed by atoms with Crippen molar-refractivity contribution in [3.8, 4) is 5.75 Å². The van der Waals surface area contributed by atoms with Crippen LogP contribution in [0.1, 0.15) is 17.5 Å². The topological polar surface area (TPSA) is 50.4 Å². The Morgan fingerprint density at radius 2 is 2.11 bits per heavy atom. The highest BCUT2D eigenvalue weighted by atomic mass is 35.5. The van der Waals surface area contributed by atoms with Gasteiger partial charge in [-0.05, 0) is 50.1 Å². The van der Waals surface area contributed by atoms with Crippen LogP contribution in [0.2, 0.25) is 5.02 Å². The fourth-order valence-electron chi connectivity index (χ4n) is 2.05. The predicted molar refractivity (Wildman–Crippen MR) is 71.4 cm³/mol. The number of amides is 1. The number of hydrogen-bond acceptors (Lipinski definition) is 3. The number of nitrogens with one attached hydrogen (secondary N) is 2. The molecule has 4 nitrogen and oxygen atoms in total. The highest BCUT2D eigenvalue weighted by Crippen LogP contribution is 2.25. The van der Waals surface area contributed by atoms with Crippen LogP contribution in [0.15, 0.2) is 12.1 Å². The highest BCUT2D eigenvalue weighted by molar-refractivity contribution is 6.32. The maximum absolute atomic E-state index is 11.7. The van der Waals surface area contributed by atoms with E-state index in [9.17, 15) is 4.79 Å². The van der Waals surface area contributed by atoms with Gasteiger partial charge in [0.2, 0.25) is 0 Å². The first-order chi connectivity index (χ1) is 8.56. The number of aryl methyl sites for hydroxylation is 2. The zero-order chi connectivity index (χ0) is 13.1. The molecule has 1 aliphatic heterocycles. The molecule has 1 aromatic rings. The minimum absolute atomic E-state index is 0.159. The highest BCUT2D eigenvalue weighted by Gasteiger charge is 2.17. The number of halogens is 1. The minimum atomic E-state index is -0.412. The van der Waals surface area contributed by atoms with E-state index in [0.29, 0.717) is 10.8 Å². The third-order valence-corrected chi connectivity index (χ3v) is 3.60. The second-order valence-electron chi connectivity index (χ2n) is 4.59. The van der Waals surface area contributed by atoms with Crippen molar-refractivity contribution in [2.75, 3.05) is 13.1 Å². The smallest absolute Gasteiger partial charge is 0.410 e. The van der Waals surface area contributed by atoms with Crippen molar-refractivity contribution >= 4 is 17.7 Å². The summed E-state index contributed by atoms with van der Waals surface area (Å²) in [5.74, 6) is 0.526. The average Bonchev–Trinajstić information content (AvgIpc) is 2.78. The van der Waals surface area contributed by atoms with Crippen LogP contribution >= 0.6 is 11.6 Å². The molecule has 0 aliphatic carbocycles. The molecule has 1 unspecified atom stereocenters. The summed E-state index contributed by atoms with van der Waals surface area (Å²) in [7, 11) is 0. The Hall–Kier alpha value is -1.26. The van der Waals surface area contributed by atoms with E-state index in [2.05, 4.69) is 10.6 Å². The molecule has 0 aromatic heterocycles. The van der Waals surface area contributed by atoms with Crippen LogP contribution in [-0.2, 0) is 0 Å². The van der Waals surface area contributed by atoms with Gasteiger partial charge in [-0.2, -0.15) is 0 Å². The third-order valence-electron chi connectivity index (χ3n) is 3.00. The molecule has 5 heteroatoms. The van der Waals surface area contributed by atoms with Gasteiger partial charge in [0.1, 0.15) is 5.75 Å². The first-order valence-electron chi connectivity index (χ1n) is 6.02. The number of hydrogen-bond donors (Lipinski definition) is 2. The lowest BCUT2D eigenvalue weighted by molar-refractivity contribution is 0.197. The third kappa shape index (κ3) is 3.15. The summed E-state index contributed by atoms with van der Waals surface area (Å²) in [5.41, 5.74) is 1.81. The summed E-state index contributed by atoms with van der Waals surface area (Å²) < 4.78 is 5.26. The maximum atomic E-state index is 11.7. The summed E-state index contributed by atoms with van der Waals surface area (Å²) in [6, 6.07) is 3.69. The molecule has 1 amide bonds. The van der Waals surface area contributed by atoms with E-state index in [1.165, 1.54) is 0 Å². The molecule has 1 heterocycles. The van der Waals surface area contributed by atoms with Crippen molar-refractivity contribution in [2.24, 2.45) is 0 Å². The fraction of sp³-hybridized carbons (Fsp3) is 0.462. The summed E-state index contributed by atoms with van der Waals surface area (Å²) >= 11 is 6.06. The molecule has 0 spiro atoms. The zero-order valence-electron chi connectivity index (χ0n) is 10.5. The van der Waals surface area contributed by atoms with Gasteiger partial charge in [-0.1, -0.05) is 11.6 Å². The van der Waals surface area contributed by atoms with Crippen molar-refractivity contribution in [2.45, 2.75) is 26.3 Å². The predicted octanol–water partition coefficient (Wildman–Crippen LogP) is 2.41. The van der Waals surface area contributed by atoms with E-state index in [1.807, 2.05) is 13.8 Å². The normalized spacial score (nSPS) is 18.7. The molecule has 1 aromatic carbocycles. The van der Waals surface area contributed by atoms with E-state index in [0.717, 1.165) is 30.6 Å². The SMILES string of the molecule is Cc1cc(OC(=O)NC2CCNC2)cc(C)c1Cl. The summed E-state index contributed by atoms with van der Waals surface area (Å²) in [6.45, 7) is 5.51. The van der Waals surface area contributed by atoms with E-state index < -0.39 is 6.09 Å². The Balaban J connectivity index is 1.98. The molecule has 98 valence electrons. The van der Waals surface area contributed by atoms with Crippen LogP contribution in [0.25, 0.3) is 0 Å². The zero-order valence-corrected chi connectivity index (χ0v) is 11.3. The molecule has 1 aliphatic rings. The van der Waals surface area contributed by atoms with E-state index >= 15 is 0 Å². The second-order valence-corrected chi connectivity index (χ2v) is 4.97. The summed E-state index contributed by atoms with van der Waals surface area (Å²) in [6.07, 6.45) is 0.526. The van der Waals surface area contributed by atoms with Gasteiger partial charge in [0.05, 0.1) is 0 Å². The molecule has 1 fully saturated rings. The van der Waals surface area contributed by atoms with Crippen LogP contribution < -0.4 is 15.4 Å². The van der Waals surface area contributed by atoms with Crippen LogP contribution in [0.4, 0.5) is 4.79 Å². The van der Waals surface area contributed by atoms with Gasteiger partial charge in [0.25, 0.3) is 0 Å². The lowest BCUT2D eigenvalue weighted by Gasteiger charge is -2.12. The number of rotatable bonds is 2. The van der Waals surface area contributed by atoms with Gasteiger partial charge >= 0.3 is 6.09 Å². The largest absolute Gasteiger partial charge is 0.412 e. The second kappa shape index (κ2) is 5.59. The molecule has 0 bridgehead atoms. The first kappa shape index (κ1) is 13.2. The Bertz CT molecular complexity index is 433. The standard InChI is InChI=1S/C13H17ClN2O2/c1-8-5-11(6-9(2)12(8)14)18-13(17)16-10-3-4-15-7-10/h5-6,10,15H,3-4,7H2,1-2H3,(H,16,17). The number of carbonyl (C=O) groups is 1. The van der Waals surface area contributed by atoms with Crippen LogP contribution in [-0.4, -0.2) is 25.2 Å². The molecular weight excluding hydrogens is 252 g/mol. The van der Waals surface area contributed by atoms with Crippen molar-refractivity contribution in [1.29, 1.82) is 0 Å². The average molecular weight is 269 g/mol. The van der Waals surface area contributed by atoms with Crippen LogP contribution in [0.5, 0.6) is 5.75 Å². The number of benzene rings is 1. The van der Waals surface area contributed by atoms with Crippen molar-refractivity contribution in [3.63, 3.8) is 0 Å². The molecule has 2 N–H and O–H groups in total. The Kier molecular flexibility index (Phi) is 4.09. The maximum Gasteiger partial charge on any atom is 0.412 e. The van der Waals surface area contributed by atoms with Crippen LogP contribution in [0.3, 0.4) is 0 Å².